The van der Waals surface area contributed by atoms with Crippen molar-refractivity contribution in [2.24, 2.45) is 5.73 Å². The molecule has 2 aromatic carbocycles. The summed E-state index contributed by atoms with van der Waals surface area (Å²) in [5, 5.41) is 15.0. The first-order chi connectivity index (χ1) is 20.7. The van der Waals surface area contributed by atoms with Crippen LogP contribution in [-0.4, -0.2) is 68.1 Å². The van der Waals surface area contributed by atoms with Gasteiger partial charge in [-0.15, -0.1) is 0 Å². The number of pyridine rings is 1. The van der Waals surface area contributed by atoms with Crippen LogP contribution in [0, 0.1) is 0 Å². The highest BCUT2D eigenvalue weighted by atomic mass is 16.7. The Bertz CT molecular complexity index is 1460. The molecular weight excluding hydrogens is 564 g/mol. The van der Waals surface area contributed by atoms with Gasteiger partial charge in [-0.2, -0.15) is 5.43 Å². The lowest BCUT2D eigenvalue weighted by atomic mass is 10.1. The van der Waals surface area contributed by atoms with E-state index >= 15 is 0 Å². The highest BCUT2D eigenvalue weighted by Crippen LogP contribution is 2.21. The standard InChI is InChI=1S/C32H42N6O6/c1-22(2)38(37(43)31(42)44-32(3,4)5,20-12-11-15-23-13-7-6-8-14-23)36-30(41)27(21-28(33)39)35-29(40)26-19-18-24-16-9-10-17-25(24)34-26/h6-10,13-14,16-19,22,27,43H,11-12,15,20-21H2,1-5H3,(H3-,33,35,36,39,40,41)/p+1/t27-,38?/m0/s1. The predicted octanol–water partition coefficient (Wildman–Crippen LogP) is 4.03. The van der Waals surface area contributed by atoms with Crippen LogP contribution in [0.5, 0.6) is 0 Å². The van der Waals surface area contributed by atoms with Crippen molar-refractivity contribution < 1.29 is 33.8 Å². The van der Waals surface area contributed by atoms with Gasteiger partial charge in [0.25, 0.3) is 11.8 Å². The number of hydrogen-bond donors (Lipinski definition) is 4. The summed E-state index contributed by atoms with van der Waals surface area (Å²) in [4.78, 5) is 56.4. The number of primary amides is 1. The summed E-state index contributed by atoms with van der Waals surface area (Å²) in [5.74, 6) is -2.37. The molecule has 0 saturated heterocycles. The molecule has 0 fully saturated rings. The van der Waals surface area contributed by atoms with Crippen LogP contribution in [-0.2, 0) is 20.7 Å². The van der Waals surface area contributed by atoms with E-state index in [-0.39, 0.29) is 12.2 Å². The molecule has 0 aliphatic carbocycles. The van der Waals surface area contributed by atoms with Crippen LogP contribution in [0.4, 0.5) is 4.79 Å². The average molecular weight is 608 g/mol. The summed E-state index contributed by atoms with van der Waals surface area (Å²) in [6, 6.07) is 18.3. The first kappa shape index (κ1) is 33.9. The zero-order chi connectivity index (χ0) is 32.5. The number of para-hydroxylation sites is 1. The Morgan fingerprint density at radius 1 is 0.977 bits per heavy atom. The average Bonchev–Trinajstić information content (AvgIpc) is 2.96. The van der Waals surface area contributed by atoms with Gasteiger partial charge in [0.05, 0.1) is 11.9 Å². The molecule has 44 heavy (non-hydrogen) atoms. The molecule has 5 N–H and O–H groups in total. The second-order valence-electron chi connectivity index (χ2n) is 11.9. The van der Waals surface area contributed by atoms with E-state index in [0.717, 1.165) is 17.4 Å². The second kappa shape index (κ2) is 14.8. The Morgan fingerprint density at radius 3 is 2.27 bits per heavy atom. The van der Waals surface area contributed by atoms with E-state index in [1.54, 1.807) is 52.8 Å². The summed E-state index contributed by atoms with van der Waals surface area (Å²) in [7, 11) is 0. The van der Waals surface area contributed by atoms with Gasteiger partial charge in [-0.05, 0) is 65.2 Å². The Kier molecular flexibility index (Phi) is 11.4. The van der Waals surface area contributed by atoms with Gasteiger partial charge in [-0.3, -0.25) is 14.4 Å². The molecule has 2 atom stereocenters. The number of hydroxylamine groups is 1. The summed E-state index contributed by atoms with van der Waals surface area (Å²) >= 11 is 0. The molecule has 1 unspecified atom stereocenters. The number of aromatic nitrogens is 1. The van der Waals surface area contributed by atoms with E-state index in [9.17, 15) is 24.4 Å². The van der Waals surface area contributed by atoms with Crippen molar-refractivity contribution in [1.29, 1.82) is 0 Å². The number of fused-ring (bicyclic) bond motifs is 1. The normalized spacial score (nSPS) is 13.5. The predicted molar refractivity (Wildman–Crippen MR) is 164 cm³/mol. The molecule has 4 amide bonds. The Balaban J connectivity index is 1.88. The molecule has 0 aliphatic rings. The fraction of sp³-hybridized carbons (Fsp3) is 0.406. The maximum atomic E-state index is 13.8. The van der Waals surface area contributed by atoms with E-state index < -0.39 is 52.6 Å². The highest BCUT2D eigenvalue weighted by molar-refractivity contribution is 5.98. The van der Waals surface area contributed by atoms with Crippen molar-refractivity contribution in [3.8, 4) is 0 Å². The van der Waals surface area contributed by atoms with Crippen molar-refractivity contribution in [2.45, 2.75) is 78.0 Å². The molecule has 236 valence electrons. The maximum absolute atomic E-state index is 13.8. The number of benzene rings is 2. The first-order valence-corrected chi connectivity index (χ1v) is 14.6. The molecule has 0 bridgehead atoms. The molecule has 0 aliphatic heterocycles. The van der Waals surface area contributed by atoms with Gasteiger partial charge in [-0.1, -0.05) is 59.3 Å². The minimum atomic E-state index is -1.43. The number of amides is 4. The van der Waals surface area contributed by atoms with Crippen LogP contribution in [0.25, 0.3) is 10.9 Å². The molecule has 3 rings (SSSR count). The Hall–Kier alpha value is -4.55. The SMILES string of the molecule is CC(C)[N+](CCCCc1ccccc1)(NC(=O)[C@H](CC(N)=O)NC(=O)c1ccc2ccccc2n1)N(O)C(=O)OC(C)(C)C. The molecule has 3 aromatic rings. The number of carbonyl (C=O) groups excluding carboxylic acids is 4. The molecule has 0 saturated carbocycles. The minimum Gasteiger partial charge on any atom is -0.439 e. The first-order valence-electron chi connectivity index (χ1n) is 14.6. The lowest BCUT2D eigenvalue weighted by Gasteiger charge is -2.43. The van der Waals surface area contributed by atoms with Crippen LogP contribution in [0.15, 0.2) is 66.7 Å². The number of carbonyl (C=O) groups is 4. The fourth-order valence-corrected chi connectivity index (χ4v) is 4.68. The Morgan fingerprint density at radius 2 is 1.64 bits per heavy atom. The largest absolute Gasteiger partial charge is 0.484 e. The maximum Gasteiger partial charge on any atom is 0.484 e. The van der Waals surface area contributed by atoms with Crippen LogP contribution in [0.1, 0.15) is 69.9 Å². The molecular formula is C32H43N6O6+. The number of unbranched alkanes of at least 4 members (excludes halogenated alkanes) is 1. The van der Waals surface area contributed by atoms with E-state index in [1.807, 2.05) is 42.5 Å². The smallest absolute Gasteiger partial charge is 0.439 e. The van der Waals surface area contributed by atoms with Gasteiger partial charge in [-0.25, -0.2) is 15.0 Å². The molecule has 1 heterocycles. The van der Waals surface area contributed by atoms with Gasteiger partial charge < -0.3 is 15.8 Å². The number of nitrogens with one attached hydrogen (secondary N) is 2. The van der Waals surface area contributed by atoms with Crippen molar-refractivity contribution in [3.05, 3.63) is 78.0 Å². The quantitative estimate of drug-likeness (QED) is 0.0986. The summed E-state index contributed by atoms with van der Waals surface area (Å²) in [6.45, 7) is 8.48. The molecule has 0 spiro atoms. The Labute approximate surface area is 257 Å². The second-order valence-corrected chi connectivity index (χ2v) is 11.9. The van der Waals surface area contributed by atoms with E-state index in [0.29, 0.717) is 23.5 Å². The van der Waals surface area contributed by atoms with Gasteiger partial charge in [0.15, 0.2) is 0 Å². The van der Waals surface area contributed by atoms with Crippen LogP contribution >= 0.6 is 0 Å². The zero-order valence-electron chi connectivity index (χ0n) is 25.9. The van der Waals surface area contributed by atoms with Crippen molar-refractivity contribution in [1.82, 2.24) is 20.9 Å². The number of hydrogen-bond acceptors (Lipinski definition) is 7. The van der Waals surface area contributed by atoms with E-state index in [4.69, 9.17) is 10.5 Å². The third-order valence-electron chi connectivity index (χ3n) is 6.97. The molecule has 12 heteroatoms. The summed E-state index contributed by atoms with van der Waals surface area (Å²) < 4.78 is 4.67. The van der Waals surface area contributed by atoms with Gasteiger partial charge >= 0.3 is 6.09 Å². The zero-order valence-corrected chi connectivity index (χ0v) is 25.9. The number of quaternary nitrogens is 1. The number of nitrogens with zero attached hydrogens (tertiary/aromatic N) is 3. The number of ether oxygens (including phenoxy) is 1. The van der Waals surface area contributed by atoms with Crippen molar-refractivity contribution in [2.75, 3.05) is 6.54 Å². The molecule has 1 aromatic heterocycles. The lowest BCUT2D eigenvalue weighted by Crippen LogP contribution is -2.74. The summed E-state index contributed by atoms with van der Waals surface area (Å²) in [5.41, 5.74) is 8.97. The lowest BCUT2D eigenvalue weighted by molar-refractivity contribution is -1.10. The van der Waals surface area contributed by atoms with Crippen LogP contribution < -0.4 is 16.5 Å². The van der Waals surface area contributed by atoms with Crippen LogP contribution in [0.2, 0.25) is 0 Å². The van der Waals surface area contributed by atoms with Gasteiger partial charge in [0.1, 0.15) is 29.9 Å². The highest BCUT2D eigenvalue weighted by Gasteiger charge is 2.47. The van der Waals surface area contributed by atoms with E-state index in [2.05, 4.69) is 15.7 Å². The van der Waals surface area contributed by atoms with Gasteiger partial charge in [0, 0.05) is 17.0 Å². The fourth-order valence-electron chi connectivity index (χ4n) is 4.68. The number of rotatable bonds is 13. The molecule has 0 radical (unpaired) electrons. The summed E-state index contributed by atoms with van der Waals surface area (Å²) in [6.07, 6.45) is 0.301. The van der Waals surface area contributed by atoms with Crippen LogP contribution in [0.3, 0.4) is 0 Å². The van der Waals surface area contributed by atoms with Crippen molar-refractivity contribution in [3.63, 3.8) is 0 Å². The number of nitrogens with two attached hydrogens (primary N) is 1. The third-order valence-corrected chi connectivity index (χ3v) is 6.97. The topological polar surface area (TPSA) is 164 Å². The molecule has 12 nitrogen and oxygen atoms in total. The van der Waals surface area contributed by atoms with E-state index in [1.165, 1.54) is 6.07 Å². The minimum absolute atomic E-state index is 0.0361. The van der Waals surface area contributed by atoms with Crippen molar-refractivity contribution >= 4 is 34.7 Å². The monoisotopic (exact) mass is 607 g/mol. The third kappa shape index (κ3) is 9.22. The number of aryl methyl sites for hydroxylation is 1. The van der Waals surface area contributed by atoms with Gasteiger partial charge in [0.2, 0.25) is 5.91 Å².